The number of aryl methyl sites for hydroxylation is 1. The van der Waals surface area contributed by atoms with Gasteiger partial charge in [0.2, 0.25) is 0 Å². The monoisotopic (exact) mass is 286 g/mol. The summed E-state index contributed by atoms with van der Waals surface area (Å²) in [5, 5.41) is 13.7. The van der Waals surface area contributed by atoms with Gasteiger partial charge in [-0.25, -0.2) is 0 Å². The summed E-state index contributed by atoms with van der Waals surface area (Å²) in [6.45, 7) is 1.94. The van der Waals surface area contributed by atoms with Gasteiger partial charge in [-0.1, -0.05) is 37.3 Å². The molecule has 21 heavy (non-hydrogen) atoms. The van der Waals surface area contributed by atoms with Crippen molar-refractivity contribution < 1.29 is 9.63 Å². The molecule has 0 saturated heterocycles. The first-order valence-corrected chi connectivity index (χ1v) is 7.87. The molecular formula is C17H22N2O2. The van der Waals surface area contributed by atoms with Crippen molar-refractivity contribution in [1.29, 1.82) is 0 Å². The molecule has 0 bridgehead atoms. The molecular weight excluding hydrogens is 264 g/mol. The van der Waals surface area contributed by atoms with Crippen LogP contribution in [-0.4, -0.2) is 15.2 Å². The van der Waals surface area contributed by atoms with E-state index in [-0.39, 0.29) is 5.75 Å². The summed E-state index contributed by atoms with van der Waals surface area (Å²) in [6.07, 6.45) is 8.83. The second-order valence-corrected chi connectivity index (χ2v) is 6.00. The Morgan fingerprint density at radius 2 is 1.81 bits per heavy atom. The Kier molecular flexibility index (Phi) is 4.23. The lowest BCUT2D eigenvalue weighted by Crippen LogP contribution is -2.04. The van der Waals surface area contributed by atoms with E-state index in [1.807, 2.05) is 13.0 Å². The van der Waals surface area contributed by atoms with Crippen LogP contribution in [0.4, 0.5) is 0 Å². The zero-order valence-corrected chi connectivity index (χ0v) is 12.5. The summed E-state index contributed by atoms with van der Waals surface area (Å²) in [4.78, 5) is 4.61. The van der Waals surface area contributed by atoms with Crippen molar-refractivity contribution in [2.75, 3.05) is 0 Å². The Labute approximate surface area is 125 Å². The molecule has 1 aliphatic rings. The fourth-order valence-electron chi connectivity index (χ4n) is 3.11. The zero-order chi connectivity index (χ0) is 14.7. The van der Waals surface area contributed by atoms with E-state index in [0.29, 0.717) is 11.8 Å². The predicted molar refractivity (Wildman–Crippen MR) is 81.2 cm³/mol. The first-order chi connectivity index (χ1) is 10.2. The van der Waals surface area contributed by atoms with Gasteiger partial charge in [0, 0.05) is 11.5 Å². The highest BCUT2D eigenvalue weighted by Crippen LogP contribution is 2.31. The van der Waals surface area contributed by atoms with E-state index >= 15 is 0 Å². The van der Waals surface area contributed by atoms with Gasteiger partial charge in [-0.3, -0.25) is 0 Å². The first-order valence-electron chi connectivity index (χ1n) is 7.87. The molecule has 1 N–H and O–H groups in total. The molecule has 3 rings (SSSR count). The third-order valence-corrected chi connectivity index (χ3v) is 4.35. The highest BCUT2D eigenvalue weighted by molar-refractivity contribution is 5.59. The second kappa shape index (κ2) is 6.29. The number of hydrogen-bond acceptors (Lipinski definition) is 4. The maximum Gasteiger partial charge on any atom is 0.258 e. The summed E-state index contributed by atoms with van der Waals surface area (Å²) in [5.74, 6) is 2.10. The van der Waals surface area contributed by atoms with Crippen LogP contribution in [0.25, 0.3) is 11.5 Å². The van der Waals surface area contributed by atoms with E-state index < -0.39 is 0 Å². The van der Waals surface area contributed by atoms with Crippen LogP contribution >= 0.6 is 0 Å². The van der Waals surface area contributed by atoms with Gasteiger partial charge in [0.05, 0.1) is 0 Å². The molecule has 4 nitrogen and oxygen atoms in total. The molecule has 1 aromatic heterocycles. The van der Waals surface area contributed by atoms with Crippen molar-refractivity contribution in [3.8, 4) is 17.2 Å². The highest BCUT2D eigenvalue weighted by atomic mass is 16.5. The number of aromatic hydroxyl groups is 1. The quantitative estimate of drug-likeness (QED) is 0.878. The van der Waals surface area contributed by atoms with Crippen molar-refractivity contribution in [2.45, 2.75) is 57.8 Å². The summed E-state index contributed by atoms with van der Waals surface area (Å²) in [7, 11) is 0. The van der Waals surface area contributed by atoms with Gasteiger partial charge >= 0.3 is 0 Å². The van der Waals surface area contributed by atoms with E-state index in [2.05, 4.69) is 10.1 Å². The molecule has 1 aromatic carbocycles. The fourth-order valence-corrected chi connectivity index (χ4v) is 3.11. The number of rotatable bonds is 2. The largest absolute Gasteiger partial charge is 0.508 e. The molecule has 0 aliphatic heterocycles. The molecule has 1 fully saturated rings. The number of phenols is 1. The maximum absolute atomic E-state index is 9.48. The van der Waals surface area contributed by atoms with Crippen LogP contribution < -0.4 is 0 Å². The molecule has 1 heterocycles. The smallest absolute Gasteiger partial charge is 0.258 e. The predicted octanol–water partition coefficient (Wildman–Crippen LogP) is 4.58. The minimum absolute atomic E-state index is 0.260. The topological polar surface area (TPSA) is 59.2 Å². The molecule has 0 amide bonds. The van der Waals surface area contributed by atoms with Crippen molar-refractivity contribution >= 4 is 0 Å². The van der Waals surface area contributed by atoms with Gasteiger partial charge in [-0.2, -0.15) is 4.98 Å². The minimum atomic E-state index is 0.260. The zero-order valence-electron chi connectivity index (χ0n) is 12.5. The highest BCUT2D eigenvalue weighted by Gasteiger charge is 2.20. The van der Waals surface area contributed by atoms with Gasteiger partial charge in [0.15, 0.2) is 5.82 Å². The van der Waals surface area contributed by atoms with Gasteiger partial charge in [-0.05, 0) is 43.5 Å². The van der Waals surface area contributed by atoms with Crippen LogP contribution in [0.5, 0.6) is 5.75 Å². The van der Waals surface area contributed by atoms with Crippen LogP contribution in [0.3, 0.4) is 0 Å². The second-order valence-electron chi connectivity index (χ2n) is 6.00. The van der Waals surface area contributed by atoms with E-state index in [1.54, 1.807) is 12.1 Å². The van der Waals surface area contributed by atoms with Crippen molar-refractivity contribution in [1.82, 2.24) is 10.1 Å². The third-order valence-electron chi connectivity index (χ3n) is 4.35. The molecule has 2 aromatic rings. The minimum Gasteiger partial charge on any atom is -0.508 e. The van der Waals surface area contributed by atoms with Gasteiger partial charge in [-0.15, -0.1) is 0 Å². The van der Waals surface area contributed by atoms with E-state index in [0.717, 1.165) is 29.8 Å². The first kappa shape index (κ1) is 14.1. The lowest BCUT2D eigenvalue weighted by Gasteiger charge is -2.15. The van der Waals surface area contributed by atoms with Crippen molar-refractivity contribution in [3.05, 3.63) is 29.6 Å². The summed E-state index contributed by atoms with van der Waals surface area (Å²) >= 11 is 0. The molecule has 0 radical (unpaired) electrons. The molecule has 4 heteroatoms. The summed E-state index contributed by atoms with van der Waals surface area (Å²) < 4.78 is 5.45. The molecule has 112 valence electrons. The van der Waals surface area contributed by atoms with Crippen molar-refractivity contribution in [3.63, 3.8) is 0 Å². The molecule has 1 aliphatic carbocycles. The number of hydrogen-bond donors (Lipinski definition) is 1. The Morgan fingerprint density at radius 3 is 2.52 bits per heavy atom. The SMILES string of the molecule is Cc1cc(O)ccc1-c1nc(C2CCCCCCC2)no1. The molecule has 1 saturated carbocycles. The van der Waals surface area contributed by atoms with Crippen LogP contribution in [-0.2, 0) is 0 Å². The van der Waals surface area contributed by atoms with Gasteiger partial charge in [0.1, 0.15) is 5.75 Å². The average Bonchev–Trinajstić information content (AvgIpc) is 2.87. The third kappa shape index (κ3) is 3.26. The van der Waals surface area contributed by atoms with Gasteiger partial charge in [0.25, 0.3) is 5.89 Å². The average molecular weight is 286 g/mol. The lowest BCUT2D eigenvalue weighted by molar-refractivity contribution is 0.393. The Morgan fingerprint density at radius 1 is 1.10 bits per heavy atom. The van der Waals surface area contributed by atoms with Crippen molar-refractivity contribution in [2.24, 2.45) is 0 Å². The molecule has 0 spiro atoms. The number of benzene rings is 1. The van der Waals surface area contributed by atoms with Gasteiger partial charge < -0.3 is 9.63 Å². The normalized spacial score (nSPS) is 17.4. The van der Waals surface area contributed by atoms with E-state index in [9.17, 15) is 5.11 Å². The number of aromatic nitrogens is 2. The van der Waals surface area contributed by atoms with Crippen LogP contribution in [0.1, 0.15) is 62.3 Å². The Balaban J connectivity index is 1.81. The van der Waals surface area contributed by atoms with Crippen LogP contribution in [0.15, 0.2) is 22.7 Å². The number of nitrogens with zero attached hydrogens (tertiary/aromatic N) is 2. The van der Waals surface area contributed by atoms with E-state index in [4.69, 9.17) is 4.52 Å². The lowest BCUT2D eigenvalue weighted by atomic mass is 9.91. The van der Waals surface area contributed by atoms with Crippen LogP contribution in [0.2, 0.25) is 0 Å². The standard InChI is InChI=1S/C17H22N2O2/c1-12-11-14(20)9-10-15(12)17-18-16(19-21-17)13-7-5-3-2-4-6-8-13/h9-11,13,20H,2-8H2,1H3. The Bertz CT molecular complexity index is 599. The molecule has 0 atom stereocenters. The Hall–Kier alpha value is -1.84. The van der Waals surface area contributed by atoms with Crippen LogP contribution in [0, 0.1) is 6.92 Å². The molecule has 0 unspecified atom stereocenters. The maximum atomic E-state index is 9.48. The summed E-state index contributed by atoms with van der Waals surface area (Å²) in [6, 6.07) is 5.21. The summed E-state index contributed by atoms with van der Waals surface area (Å²) in [5.41, 5.74) is 1.85. The number of phenolic OH excluding ortho intramolecular Hbond substituents is 1. The van der Waals surface area contributed by atoms with E-state index in [1.165, 1.54) is 32.1 Å². The fraction of sp³-hybridized carbons (Fsp3) is 0.529.